The maximum Gasteiger partial charge on any atom is 0.233 e. The molecule has 10 heteroatoms. The summed E-state index contributed by atoms with van der Waals surface area (Å²) in [5, 5.41) is 8.88. The Morgan fingerprint density at radius 2 is 1.88 bits per heavy atom. The van der Waals surface area contributed by atoms with Gasteiger partial charge in [-0.3, -0.25) is 9.59 Å². The lowest BCUT2D eigenvalue weighted by Crippen LogP contribution is -2.31. The molecule has 1 unspecified atom stereocenters. The third-order valence-electron chi connectivity index (χ3n) is 5.62. The third-order valence-corrected chi connectivity index (χ3v) is 5.62. The number of methoxy groups -OCH3 is 1. The van der Waals surface area contributed by atoms with Crippen molar-refractivity contribution < 1.29 is 23.5 Å². The van der Waals surface area contributed by atoms with Gasteiger partial charge in [0.1, 0.15) is 24.6 Å². The molecule has 0 spiro atoms. The molecule has 1 atom stereocenters. The van der Waals surface area contributed by atoms with Crippen LogP contribution in [0.3, 0.4) is 0 Å². The summed E-state index contributed by atoms with van der Waals surface area (Å²) in [6.07, 6.45) is 2.67. The largest absolute Gasteiger partial charge is 0.491 e. The van der Waals surface area contributed by atoms with Crippen LogP contribution in [-0.4, -0.2) is 56.5 Å². The minimum atomic E-state index is -0.636. The summed E-state index contributed by atoms with van der Waals surface area (Å²) in [7, 11) is 1.57. The normalized spacial score (nSPS) is 16.5. The second kappa shape index (κ2) is 11.0. The maximum atomic E-state index is 14.9. The molecular formula is C24H28FN5O4. The number of aliphatic imine (C=N–C) groups is 1. The van der Waals surface area contributed by atoms with E-state index in [2.05, 4.69) is 20.9 Å². The molecule has 2 aromatic rings. The lowest BCUT2D eigenvalue weighted by atomic mass is 10.1. The smallest absolute Gasteiger partial charge is 0.233 e. The minimum absolute atomic E-state index is 0.148. The predicted molar refractivity (Wildman–Crippen MR) is 128 cm³/mol. The molecule has 2 aliphatic rings. The lowest BCUT2D eigenvalue weighted by molar-refractivity contribution is -0.133. The van der Waals surface area contributed by atoms with Gasteiger partial charge in [0.05, 0.1) is 24.2 Å². The van der Waals surface area contributed by atoms with Crippen molar-refractivity contribution in [2.75, 3.05) is 49.4 Å². The number of fused-ring (bicyclic) bond motifs is 1. The van der Waals surface area contributed by atoms with Gasteiger partial charge >= 0.3 is 0 Å². The number of halogens is 1. The summed E-state index contributed by atoms with van der Waals surface area (Å²) in [5.74, 6) is -0.540. The first-order valence-electron chi connectivity index (χ1n) is 11.2. The Bertz CT molecular complexity index is 1050. The van der Waals surface area contributed by atoms with Crippen molar-refractivity contribution >= 4 is 35.2 Å². The predicted octanol–water partition coefficient (Wildman–Crippen LogP) is 3.37. The quantitative estimate of drug-likeness (QED) is 0.384. The molecule has 2 aliphatic heterocycles. The number of anilines is 3. The Balaban J connectivity index is 1.36. The van der Waals surface area contributed by atoms with E-state index in [1.54, 1.807) is 42.3 Å². The van der Waals surface area contributed by atoms with Crippen LogP contribution in [0.2, 0.25) is 0 Å². The molecule has 2 aromatic carbocycles. The average Bonchev–Trinajstić information content (AvgIpc) is 3.36. The minimum Gasteiger partial charge on any atom is -0.491 e. The van der Waals surface area contributed by atoms with Gasteiger partial charge in [-0.15, -0.1) is 0 Å². The summed E-state index contributed by atoms with van der Waals surface area (Å²) >= 11 is 0. The number of carbonyl (C=O) groups excluding carboxylic acids is 2. The van der Waals surface area contributed by atoms with E-state index in [-0.39, 0.29) is 18.2 Å². The second-order valence-corrected chi connectivity index (χ2v) is 8.07. The molecule has 0 saturated carbocycles. The van der Waals surface area contributed by atoms with Crippen LogP contribution in [0.25, 0.3) is 0 Å². The van der Waals surface area contributed by atoms with Crippen LogP contribution in [0.1, 0.15) is 31.0 Å². The van der Waals surface area contributed by atoms with E-state index in [9.17, 15) is 14.0 Å². The fourth-order valence-electron chi connectivity index (χ4n) is 3.91. The van der Waals surface area contributed by atoms with Gasteiger partial charge in [-0.05, 0) is 37.1 Å². The molecule has 2 heterocycles. The average molecular weight is 470 g/mol. The highest BCUT2D eigenvalue weighted by Gasteiger charge is 2.23. The van der Waals surface area contributed by atoms with E-state index in [1.807, 2.05) is 0 Å². The number of rotatable bonds is 9. The van der Waals surface area contributed by atoms with Crippen LogP contribution >= 0.6 is 0 Å². The van der Waals surface area contributed by atoms with E-state index in [0.717, 1.165) is 25.9 Å². The van der Waals surface area contributed by atoms with Crippen LogP contribution in [0.4, 0.5) is 21.5 Å². The summed E-state index contributed by atoms with van der Waals surface area (Å²) in [5.41, 5.74) is 2.20. The Hall–Kier alpha value is -3.66. The van der Waals surface area contributed by atoms with Crippen LogP contribution in [-0.2, 0) is 14.3 Å². The van der Waals surface area contributed by atoms with E-state index >= 15 is 0 Å². The molecule has 0 bridgehead atoms. The molecule has 3 N–H and O–H groups in total. The van der Waals surface area contributed by atoms with Crippen molar-refractivity contribution in [1.82, 2.24) is 4.90 Å². The maximum absolute atomic E-state index is 14.9. The van der Waals surface area contributed by atoms with Gasteiger partial charge in [-0.2, -0.15) is 0 Å². The number of hydrogen-bond acceptors (Lipinski definition) is 7. The Labute approximate surface area is 197 Å². The Morgan fingerprint density at radius 3 is 2.62 bits per heavy atom. The second-order valence-electron chi connectivity index (χ2n) is 8.07. The highest BCUT2D eigenvalue weighted by atomic mass is 19.1. The van der Waals surface area contributed by atoms with Crippen LogP contribution in [0.15, 0.2) is 41.4 Å². The van der Waals surface area contributed by atoms with Crippen molar-refractivity contribution in [1.29, 1.82) is 0 Å². The third kappa shape index (κ3) is 5.82. The zero-order valence-corrected chi connectivity index (χ0v) is 19.0. The molecule has 0 aliphatic carbocycles. The Kier molecular flexibility index (Phi) is 7.58. The van der Waals surface area contributed by atoms with E-state index < -0.39 is 12.0 Å². The molecule has 180 valence electrons. The van der Waals surface area contributed by atoms with E-state index in [4.69, 9.17) is 9.47 Å². The highest BCUT2D eigenvalue weighted by molar-refractivity contribution is 6.03. The Morgan fingerprint density at radius 1 is 1.15 bits per heavy atom. The van der Waals surface area contributed by atoms with Gasteiger partial charge in [0.2, 0.25) is 11.8 Å². The van der Waals surface area contributed by atoms with Crippen LogP contribution in [0, 0.1) is 5.82 Å². The zero-order valence-electron chi connectivity index (χ0n) is 19.0. The first kappa shape index (κ1) is 23.5. The van der Waals surface area contributed by atoms with Crippen molar-refractivity contribution in [2.45, 2.75) is 25.4 Å². The van der Waals surface area contributed by atoms with Gasteiger partial charge in [0, 0.05) is 43.7 Å². The molecule has 1 fully saturated rings. The fraction of sp³-hybridized carbons (Fsp3) is 0.375. The van der Waals surface area contributed by atoms with Crippen molar-refractivity contribution in [3.63, 3.8) is 0 Å². The summed E-state index contributed by atoms with van der Waals surface area (Å²) in [6, 6.07) is 10.00. The van der Waals surface area contributed by atoms with Crippen molar-refractivity contribution in [2.24, 2.45) is 4.99 Å². The van der Waals surface area contributed by atoms with Crippen molar-refractivity contribution in [3.8, 4) is 5.75 Å². The number of likely N-dealkylation sites (tertiary alicyclic amines) is 1. The molecule has 34 heavy (non-hydrogen) atoms. The number of amides is 2. The molecule has 1 saturated heterocycles. The van der Waals surface area contributed by atoms with Crippen LogP contribution in [0.5, 0.6) is 5.75 Å². The van der Waals surface area contributed by atoms with Gasteiger partial charge in [-0.1, -0.05) is 0 Å². The first-order chi connectivity index (χ1) is 16.5. The number of carbonyl (C=O) groups is 2. The van der Waals surface area contributed by atoms with Gasteiger partial charge in [0.25, 0.3) is 0 Å². The number of ether oxygens (including phenoxy) is 2. The fourth-order valence-corrected chi connectivity index (χ4v) is 3.91. The molecule has 0 radical (unpaired) electrons. The topological polar surface area (TPSA) is 104 Å². The number of nitrogens with one attached hydrogen (secondary N) is 3. The molecular weight excluding hydrogens is 441 g/mol. The van der Waals surface area contributed by atoms with Gasteiger partial charge in [-0.25, -0.2) is 9.38 Å². The lowest BCUT2D eigenvalue weighted by Gasteiger charge is -2.24. The van der Waals surface area contributed by atoms with E-state index in [0.29, 0.717) is 41.6 Å². The highest BCUT2D eigenvalue weighted by Crippen LogP contribution is 2.35. The SMILES string of the molecule is COCCOc1cc(F)c2c(c1)NC=NC2Nc1ccc(NC(=O)CC(=O)N2CCCC2)cc1. The number of nitrogens with zero attached hydrogens (tertiary/aromatic N) is 2. The molecule has 2 amide bonds. The number of benzene rings is 2. The van der Waals surface area contributed by atoms with Gasteiger partial charge < -0.3 is 30.3 Å². The molecule has 0 aromatic heterocycles. The molecule has 4 rings (SSSR count). The zero-order chi connectivity index (χ0) is 23.9. The number of hydrogen-bond donors (Lipinski definition) is 3. The summed E-state index contributed by atoms with van der Waals surface area (Å²) in [6.45, 7) is 2.16. The monoisotopic (exact) mass is 469 g/mol. The van der Waals surface area contributed by atoms with Crippen LogP contribution < -0.4 is 20.7 Å². The molecule has 9 nitrogen and oxygen atoms in total. The first-order valence-corrected chi connectivity index (χ1v) is 11.2. The van der Waals surface area contributed by atoms with Gasteiger partial charge in [0.15, 0.2) is 6.17 Å². The summed E-state index contributed by atoms with van der Waals surface area (Å²) in [4.78, 5) is 30.4. The van der Waals surface area contributed by atoms with Crippen molar-refractivity contribution in [3.05, 3.63) is 47.8 Å². The van der Waals surface area contributed by atoms with E-state index in [1.165, 1.54) is 12.4 Å². The standard InChI is InChI=1S/C24H28FN5O4/c1-33-10-11-34-18-12-19(25)23-20(13-18)26-15-27-24(23)29-17-6-4-16(5-7-17)28-21(31)14-22(32)30-8-2-3-9-30/h4-7,12-13,15,24,29H,2-3,8-11,14H2,1H3,(H,26,27)(H,28,31). The summed E-state index contributed by atoms with van der Waals surface area (Å²) < 4.78 is 25.3.